The van der Waals surface area contributed by atoms with Crippen LogP contribution in [0.2, 0.25) is 0 Å². The molecule has 3 nitrogen and oxygen atoms in total. The first kappa shape index (κ1) is 12.3. The molecule has 1 heterocycles. The lowest BCUT2D eigenvalue weighted by Crippen LogP contribution is -2.09. The van der Waals surface area contributed by atoms with Gasteiger partial charge in [0.25, 0.3) is 0 Å². The molecule has 1 rings (SSSR count). The molecule has 1 aromatic rings. The van der Waals surface area contributed by atoms with Crippen LogP contribution in [0.15, 0.2) is 8.68 Å². The number of hydrogen-bond acceptors (Lipinski definition) is 6. The zero-order valence-electron chi connectivity index (χ0n) is 8.40. The number of thioether (sulfide) groups is 2. The summed E-state index contributed by atoms with van der Waals surface area (Å²) in [5.41, 5.74) is 5.54. The number of rotatable bonds is 6. The van der Waals surface area contributed by atoms with Gasteiger partial charge in [-0.1, -0.05) is 41.8 Å². The maximum atomic E-state index is 5.54. The first-order valence-electron chi connectivity index (χ1n) is 4.54. The zero-order valence-corrected chi connectivity index (χ0v) is 10.8. The summed E-state index contributed by atoms with van der Waals surface area (Å²) in [6.07, 6.45) is 4.21. The third-order valence-corrected chi connectivity index (χ3v) is 5.19. The fourth-order valence-corrected chi connectivity index (χ4v) is 3.80. The van der Waals surface area contributed by atoms with Gasteiger partial charge in [0.05, 0.1) is 0 Å². The summed E-state index contributed by atoms with van der Waals surface area (Å²) in [6.45, 7) is 2.93. The number of nitrogens with zero attached hydrogens (tertiary/aromatic N) is 2. The van der Waals surface area contributed by atoms with Crippen molar-refractivity contribution in [1.82, 2.24) is 10.2 Å². The lowest BCUT2D eigenvalue weighted by Gasteiger charge is -2.09. The van der Waals surface area contributed by atoms with Crippen molar-refractivity contribution in [3.63, 3.8) is 0 Å². The van der Waals surface area contributed by atoms with Crippen LogP contribution in [0.1, 0.15) is 19.8 Å². The highest BCUT2D eigenvalue weighted by Gasteiger charge is 2.11. The SMILES string of the molecule is CCC(CCN)Sc1nnc(SC)s1. The van der Waals surface area contributed by atoms with Gasteiger partial charge in [0, 0.05) is 5.25 Å². The van der Waals surface area contributed by atoms with Gasteiger partial charge in [-0.2, -0.15) is 0 Å². The summed E-state index contributed by atoms with van der Waals surface area (Å²) in [6, 6.07) is 0. The Balaban J connectivity index is 2.48. The van der Waals surface area contributed by atoms with Gasteiger partial charge in [-0.05, 0) is 25.6 Å². The molecule has 0 amide bonds. The first-order valence-corrected chi connectivity index (χ1v) is 7.46. The molecular weight excluding hydrogens is 234 g/mol. The molecule has 1 aromatic heterocycles. The normalized spacial score (nSPS) is 13.1. The average Bonchev–Trinajstić information content (AvgIpc) is 2.65. The summed E-state index contributed by atoms with van der Waals surface area (Å²) in [5, 5.41) is 8.77. The van der Waals surface area contributed by atoms with E-state index in [9.17, 15) is 0 Å². The second-order valence-electron chi connectivity index (χ2n) is 2.76. The fourth-order valence-electron chi connectivity index (χ4n) is 1.00. The van der Waals surface area contributed by atoms with E-state index >= 15 is 0 Å². The Morgan fingerprint density at radius 3 is 2.64 bits per heavy atom. The highest BCUT2D eigenvalue weighted by atomic mass is 32.2. The van der Waals surface area contributed by atoms with Crippen LogP contribution in [0.5, 0.6) is 0 Å². The molecule has 6 heteroatoms. The van der Waals surface area contributed by atoms with E-state index < -0.39 is 0 Å². The molecule has 2 N–H and O–H groups in total. The van der Waals surface area contributed by atoms with E-state index in [-0.39, 0.29) is 0 Å². The van der Waals surface area contributed by atoms with Gasteiger partial charge >= 0.3 is 0 Å². The summed E-state index contributed by atoms with van der Waals surface area (Å²) >= 11 is 5.11. The monoisotopic (exact) mass is 249 g/mol. The molecule has 0 aliphatic heterocycles. The summed E-state index contributed by atoms with van der Waals surface area (Å²) in [5.74, 6) is 0. The summed E-state index contributed by atoms with van der Waals surface area (Å²) in [4.78, 5) is 0. The Labute approximate surface area is 97.3 Å². The lowest BCUT2D eigenvalue weighted by atomic mass is 10.2. The van der Waals surface area contributed by atoms with E-state index in [0.29, 0.717) is 5.25 Å². The van der Waals surface area contributed by atoms with Crippen LogP contribution in [0.25, 0.3) is 0 Å². The van der Waals surface area contributed by atoms with E-state index in [1.54, 1.807) is 34.9 Å². The van der Waals surface area contributed by atoms with Gasteiger partial charge in [0.1, 0.15) is 0 Å². The third kappa shape index (κ3) is 3.76. The minimum absolute atomic E-state index is 0.586. The lowest BCUT2D eigenvalue weighted by molar-refractivity contribution is 0.744. The van der Waals surface area contributed by atoms with Crippen LogP contribution in [-0.2, 0) is 0 Å². The van der Waals surface area contributed by atoms with Crippen LogP contribution in [0.3, 0.4) is 0 Å². The molecule has 0 aromatic carbocycles. The second kappa shape index (κ2) is 6.66. The zero-order chi connectivity index (χ0) is 10.4. The molecule has 0 saturated carbocycles. The van der Waals surface area contributed by atoms with E-state index in [1.165, 1.54) is 0 Å². The smallest absolute Gasteiger partial charge is 0.175 e. The van der Waals surface area contributed by atoms with Crippen molar-refractivity contribution in [2.45, 2.75) is 33.7 Å². The molecule has 0 aliphatic carbocycles. The van der Waals surface area contributed by atoms with Gasteiger partial charge in [0.15, 0.2) is 8.68 Å². The van der Waals surface area contributed by atoms with E-state index in [4.69, 9.17) is 5.73 Å². The van der Waals surface area contributed by atoms with Crippen molar-refractivity contribution < 1.29 is 0 Å². The molecule has 0 saturated heterocycles. The Morgan fingerprint density at radius 2 is 2.14 bits per heavy atom. The topological polar surface area (TPSA) is 51.8 Å². The van der Waals surface area contributed by atoms with Crippen molar-refractivity contribution in [1.29, 1.82) is 0 Å². The highest BCUT2D eigenvalue weighted by Crippen LogP contribution is 2.32. The maximum Gasteiger partial charge on any atom is 0.175 e. The minimum atomic E-state index is 0.586. The number of nitrogens with two attached hydrogens (primary N) is 1. The molecule has 0 aliphatic rings. The molecule has 1 unspecified atom stereocenters. The van der Waals surface area contributed by atoms with Crippen molar-refractivity contribution in [2.24, 2.45) is 5.73 Å². The van der Waals surface area contributed by atoms with E-state index in [1.807, 2.05) is 6.26 Å². The number of hydrogen-bond donors (Lipinski definition) is 1. The standard InChI is InChI=1S/C8H15N3S3/c1-3-6(4-5-9)13-8-11-10-7(12-2)14-8/h6H,3-5,9H2,1-2H3. The quantitative estimate of drug-likeness (QED) is 0.785. The Morgan fingerprint density at radius 1 is 1.43 bits per heavy atom. The Kier molecular flexibility index (Phi) is 5.84. The molecular formula is C8H15N3S3. The van der Waals surface area contributed by atoms with Crippen molar-refractivity contribution >= 4 is 34.9 Å². The van der Waals surface area contributed by atoms with Crippen LogP contribution >= 0.6 is 34.9 Å². The first-order chi connectivity index (χ1) is 6.80. The van der Waals surface area contributed by atoms with Gasteiger partial charge in [-0.25, -0.2) is 0 Å². The van der Waals surface area contributed by atoms with E-state index in [2.05, 4.69) is 17.1 Å². The predicted octanol–water partition coefficient (Wildman–Crippen LogP) is 2.48. The van der Waals surface area contributed by atoms with Gasteiger partial charge in [-0.3, -0.25) is 0 Å². The predicted molar refractivity (Wildman–Crippen MR) is 65.3 cm³/mol. The second-order valence-corrected chi connectivity index (χ2v) is 6.34. The molecule has 14 heavy (non-hydrogen) atoms. The molecule has 0 bridgehead atoms. The van der Waals surface area contributed by atoms with Crippen LogP contribution < -0.4 is 5.73 Å². The Hall–Kier alpha value is 0.220. The van der Waals surface area contributed by atoms with Crippen molar-refractivity contribution in [3.05, 3.63) is 0 Å². The van der Waals surface area contributed by atoms with Crippen molar-refractivity contribution in [3.8, 4) is 0 Å². The Bertz CT molecular complexity index is 264. The van der Waals surface area contributed by atoms with Gasteiger partial charge in [-0.15, -0.1) is 10.2 Å². The van der Waals surface area contributed by atoms with Crippen molar-refractivity contribution in [2.75, 3.05) is 12.8 Å². The average molecular weight is 249 g/mol. The highest BCUT2D eigenvalue weighted by molar-refractivity contribution is 8.03. The van der Waals surface area contributed by atoms with E-state index in [0.717, 1.165) is 28.1 Å². The van der Waals surface area contributed by atoms with Crippen LogP contribution in [0.4, 0.5) is 0 Å². The largest absolute Gasteiger partial charge is 0.330 e. The molecule has 0 fully saturated rings. The minimum Gasteiger partial charge on any atom is -0.330 e. The summed E-state index contributed by atoms with van der Waals surface area (Å²) < 4.78 is 2.10. The van der Waals surface area contributed by atoms with Gasteiger partial charge in [0.2, 0.25) is 0 Å². The maximum absolute atomic E-state index is 5.54. The molecule has 80 valence electrons. The molecule has 0 spiro atoms. The fraction of sp³-hybridized carbons (Fsp3) is 0.750. The number of aromatic nitrogens is 2. The molecule has 0 radical (unpaired) electrons. The van der Waals surface area contributed by atoms with Crippen LogP contribution in [-0.4, -0.2) is 28.2 Å². The van der Waals surface area contributed by atoms with Crippen LogP contribution in [0, 0.1) is 0 Å². The van der Waals surface area contributed by atoms with Gasteiger partial charge < -0.3 is 5.73 Å². The third-order valence-electron chi connectivity index (χ3n) is 1.77. The molecule has 1 atom stereocenters. The summed E-state index contributed by atoms with van der Waals surface area (Å²) in [7, 11) is 0.